The topological polar surface area (TPSA) is 36.4 Å². The van der Waals surface area contributed by atoms with E-state index >= 15 is 0 Å². The molecule has 5 heteroatoms. The quantitative estimate of drug-likeness (QED) is 0.756. The maximum atomic E-state index is 11.2. The minimum absolute atomic E-state index is 0.557. The van der Waals surface area contributed by atoms with Crippen LogP contribution in [0.15, 0.2) is 0 Å². The van der Waals surface area contributed by atoms with Gasteiger partial charge in [0.05, 0.1) is 10.6 Å². The summed E-state index contributed by atoms with van der Waals surface area (Å²) in [5, 5.41) is 1.06. The molecule has 3 rings (SSSR count). The second-order valence-corrected chi connectivity index (χ2v) is 6.76. The van der Waals surface area contributed by atoms with E-state index in [1.165, 1.54) is 19.3 Å². The van der Waals surface area contributed by atoms with Gasteiger partial charge in [-0.05, 0) is 32.4 Å². The highest BCUT2D eigenvalue weighted by atomic mass is 32.1. The van der Waals surface area contributed by atoms with Crippen LogP contribution < -0.4 is 4.90 Å². The monoisotopic (exact) mass is 293 g/mol. The molecule has 2 aliphatic rings. The highest BCUT2D eigenvalue weighted by Crippen LogP contribution is 2.44. The first-order chi connectivity index (χ1) is 9.76. The highest BCUT2D eigenvalue weighted by molar-refractivity contribution is 7.17. The van der Waals surface area contributed by atoms with E-state index in [2.05, 4.69) is 23.6 Å². The Morgan fingerprint density at radius 2 is 2.10 bits per heavy atom. The van der Waals surface area contributed by atoms with Gasteiger partial charge in [-0.3, -0.25) is 9.69 Å². The molecule has 4 nitrogen and oxygen atoms in total. The van der Waals surface area contributed by atoms with Crippen molar-refractivity contribution in [3.63, 3.8) is 0 Å². The molecule has 1 aromatic rings. The number of aldehydes is 1. The number of likely N-dealkylation sites (N-methyl/N-ethyl adjacent to an activating group) is 1. The molecule has 0 spiro atoms. The first-order valence-corrected chi connectivity index (χ1v) is 8.53. The minimum Gasteiger partial charge on any atom is -0.346 e. The molecular formula is C15H23N3OS. The number of aromatic nitrogens is 1. The molecule has 0 bridgehead atoms. The Morgan fingerprint density at radius 3 is 2.70 bits per heavy atom. The summed E-state index contributed by atoms with van der Waals surface area (Å²) in [5.74, 6) is 0.557. The Labute approximate surface area is 124 Å². The van der Waals surface area contributed by atoms with Crippen molar-refractivity contribution in [3.8, 4) is 0 Å². The van der Waals surface area contributed by atoms with Crippen molar-refractivity contribution in [2.75, 3.05) is 31.1 Å². The Hall–Kier alpha value is -0.940. The van der Waals surface area contributed by atoms with Gasteiger partial charge < -0.3 is 4.90 Å². The second-order valence-electron chi connectivity index (χ2n) is 5.75. The van der Waals surface area contributed by atoms with Crippen LogP contribution >= 0.6 is 11.3 Å². The Bertz CT molecular complexity index is 479. The van der Waals surface area contributed by atoms with Gasteiger partial charge in [0.2, 0.25) is 0 Å². The van der Waals surface area contributed by atoms with Gasteiger partial charge in [-0.2, -0.15) is 0 Å². The van der Waals surface area contributed by atoms with Crippen molar-refractivity contribution in [3.05, 3.63) is 10.6 Å². The van der Waals surface area contributed by atoms with E-state index in [9.17, 15) is 4.79 Å². The van der Waals surface area contributed by atoms with Gasteiger partial charge >= 0.3 is 0 Å². The minimum atomic E-state index is 0.557. The van der Waals surface area contributed by atoms with Crippen LogP contribution in [-0.2, 0) is 0 Å². The summed E-state index contributed by atoms with van der Waals surface area (Å²) in [6, 6.07) is 0.637. The van der Waals surface area contributed by atoms with Gasteiger partial charge in [0.1, 0.15) is 0 Å². The lowest BCUT2D eigenvalue weighted by Gasteiger charge is -2.25. The fourth-order valence-corrected chi connectivity index (χ4v) is 4.15. The average Bonchev–Trinajstić information content (AvgIpc) is 3.03. The van der Waals surface area contributed by atoms with E-state index in [1.54, 1.807) is 11.3 Å². The summed E-state index contributed by atoms with van der Waals surface area (Å²) in [4.78, 5) is 21.7. The van der Waals surface area contributed by atoms with Gasteiger partial charge in [0.25, 0.3) is 0 Å². The lowest BCUT2D eigenvalue weighted by Crippen LogP contribution is -2.37. The zero-order valence-electron chi connectivity index (χ0n) is 12.3. The Kier molecular flexibility index (Phi) is 4.08. The predicted molar refractivity (Wildman–Crippen MR) is 83.0 cm³/mol. The van der Waals surface area contributed by atoms with Crippen molar-refractivity contribution in [2.45, 2.75) is 45.1 Å². The molecule has 1 saturated heterocycles. The molecule has 2 fully saturated rings. The summed E-state index contributed by atoms with van der Waals surface area (Å²) < 4.78 is 0. The smallest absolute Gasteiger partial charge is 0.186 e. The lowest BCUT2D eigenvalue weighted by atomic mass is 10.2. The van der Waals surface area contributed by atoms with E-state index in [-0.39, 0.29) is 0 Å². The first kappa shape index (κ1) is 14.0. The number of carbonyl (C=O) groups is 1. The third-order valence-electron chi connectivity index (χ3n) is 4.50. The maximum absolute atomic E-state index is 11.2. The van der Waals surface area contributed by atoms with Gasteiger partial charge in [-0.15, -0.1) is 0 Å². The molecule has 0 radical (unpaired) electrons. The maximum Gasteiger partial charge on any atom is 0.186 e. The van der Waals surface area contributed by atoms with Crippen molar-refractivity contribution >= 4 is 22.8 Å². The van der Waals surface area contributed by atoms with Crippen LogP contribution in [0.2, 0.25) is 0 Å². The molecule has 110 valence electrons. The molecule has 1 aromatic heterocycles. The van der Waals surface area contributed by atoms with E-state index in [0.29, 0.717) is 12.0 Å². The fraction of sp³-hybridized carbons (Fsp3) is 0.733. The molecule has 20 heavy (non-hydrogen) atoms. The molecule has 0 amide bonds. The van der Waals surface area contributed by atoms with Crippen molar-refractivity contribution < 1.29 is 4.79 Å². The number of anilines is 1. The third-order valence-corrected chi connectivity index (χ3v) is 5.56. The summed E-state index contributed by atoms with van der Waals surface area (Å²) in [6.45, 7) is 8.80. The van der Waals surface area contributed by atoms with Crippen LogP contribution in [0.25, 0.3) is 0 Å². The molecule has 1 aliphatic carbocycles. The Morgan fingerprint density at radius 1 is 1.35 bits per heavy atom. The third kappa shape index (κ3) is 2.61. The summed E-state index contributed by atoms with van der Waals surface area (Å²) >= 11 is 1.58. The molecular weight excluding hydrogens is 270 g/mol. The first-order valence-electron chi connectivity index (χ1n) is 7.71. The molecule has 2 heterocycles. The number of thiazole rings is 1. The van der Waals surface area contributed by atoms with Gasteiger partial charge in [0.15, 0.2) is 11.4 Å². The number of rotatable bonds is 6. The van der Waals surface area contributed by atoms with Crippen LogP contribution in [0.5, 0.6) is 0 Å². The summed E-state index contributed by atoms with van der Waals surface area (Å²) in [7, 11) is 0. The van der Waals surface area contributed by atoms with Crippen LogP contribution in [0, 0.1) is 0 Å². The highest BCUT2D eigenvalue weighted by Gasteiger charge is 2.33. The largest absolute Gasteiger partial charge is 0.346 e. The zero-order chi connectivity index (χ0) is 14.1. The lowest BCUT2D eigenvalue weighted by molar-refractivity contribution is 0.112. The molecule has 1 unspecified atom stereocenters. The standard InChI is InChI=1S/C15H23N3OS/c1-3-17(4-2)12-7-8-18(9-12)15-16-14(11-5-6-11)13(10-19)20-15/h10-12H,3-9H2,1-2H3. The van der Waals surface area contributed by atoms with Crippen LogP contribution in [0.3, 0.4) is 0 Å². The van der Waals surface area contributed by atoms with E-state index in [1.807, 2.05) is 0 Å². The Balaban J connectivity index is 1.72. The number of carbonyl (C=O) groups excluding carboxylic acids is 1. The van der Waals surface area contributed by atoms with E-state index in [4.69, 9.17) is 4.98 Å². The molecule has 0 N–H and O–H groups in total. The van der Waals surface area contributed by atoms with Gasteiger partial charge in [0, 0.05) is 25.0 Å². The SMILES string of the molecule is CCN(CC)C1CCN(c2nc(C3CC3)c(C=O)s2)C1. The number of hydrogen-bond donors (Lipinski definition) is 0. The van der Waals surface area contributed by atoms with E-state index in [0.717, 1.165) is 48.2 Å². The molecule has 1 atom stereocenters. The van der Waals surface area contributed by atoms with Gasteiger partial charge in [-0.25, -0.2) is 4.98 Å². The normalized spacial score (nSPS) is 22.8. The zero-order valence-corrected chi connectivity index (χ0v) is 13.2. The number of hydrogen-bond acceptors (Lipinski definition) is 5. The second kappa shape index (κ2) is 5.82. The molecule has 1 saturated carbocycles. The van der Waals surface area contributed by atoms with Crippen molar-refractivity contribution in [2.24, 2.45) is 0 Å². The van der Waals surface area contributed by atoms with Crippen LogP contribution in [0.1, 0.15) is 54.4 Å². The van der Waals surface area contributed by atoms with Crippen LogP contribution in [0.4, 0.5) is 5.13 Å². The molecule has 1 aliphatic heterocycles. The predicted octanol–water partition coefficient (Wildman–Crippen LogP) is 2.75. The van der Waals surface area contributed by atoms with E-state index < -0.39 is 0 Å². The van der Waals surface area contributed by atoms with Crippen molar-refractivity contribution in [1.82, 2.24) is 9.88 Å². The fourth-order valence-electron chi connectivity index (χ4n) is 3.15. The van der Waals surface area contributed by atoms with Crippen molar-refractivity contribution in [1.29, 1.82) is 0 Å². The number of nitrogens with zero attached hydrogens (tertiary/aromatic N) is 3. The summed E-state index contributed by atoms with van der Waals surface area (Å²) in [6.07, 6.45) is 4.60. The summed E-state index contributed by atoms with van der Waals surface area (Å²) in [5.41, 5.74) is 1.06. The molecule has 0 aromatic carbocycles. The average molecular weight is 293 g/mol. The van der Waals surface area contributed by atoms with Gasteiger partial charge in [-0.1, -0.05) is 25.2 Å². The van der Waals surface area contributed by atoms with Crippen LogP contribution in [-0.4, -0.2) is 48.4 Å².